The second kappa shape index (κ2) is 5.74. The van der Waals surface area contributed by atoms with E-state index in [2.05, 4.69) is 72.0 Å². The maximum atomic E-state index is 2.63. The molecule has 2 atom stereocenters. The Morgan fingerprint density at radius 3 is 2.80 bits per heavy atom. The van der Waals surface area contributed by atoms with Crippen molar-refractivity contribution < 1.29 is 0 Å². The van der Waals surface area contributed by atoms with E-state index in [4.69, 9.17) is 0 Å². The number of benzene rings is 2. The number of aryl methyl sites for hydroxylation is 3. The molecule has 2 aliphatic rings. The van der Waals surface area contributed by atoms with Crippen molar-refractivity contribution in [3.8, 4) is 0 Å². The molecular weight excluding hydrogens is 304 g/mol. The van der Waals surface area contributed by atoms with Gasteiger partial charge >= 0.3 is 0 Å². The Labute approximate surface area is 150 Å². The van der Waals surface area contributed by atoms with Crippen molar-refractivity contribution in [1.29, 1.82) is 0 Å². The summed E-state index contributed by atoms with van der Waals surface area (Å²) in [7, 11) is 2.32. The van der Waals surface area contributed by atoms with Gasteiger partial charge in [-0.05, 0) is 50.4 Å². The third kappa shape index (κ3) is 2.35. The van der Waals surface area contributed by atoms with Gasteiger partial charge in [0.1, 0.15) is 0 Å². The zero-order valence-electron chi connectivity index (χ0n) is 15.2. The first-order chi connectivity index (χ1) is 12.2. The highest BCUT2D eigenvalue weighted by molar-refractivity contribution is 5.86. The molecule has 25 heavy (non-hydrogen) atoms. The van der Waals surface area contributed by atoms with Crippen LogP contribution < -0.4 is 0 Å². The molecule has 1 saturated heterocycles. The van der Waals surface area contributed by atoms with Gasteiger partial charge in [0.25, 0.3) is 0 Å². The van der Waals surface area contributed by atoms with Crippen LogP contribution in [0.2, 0.25) is 0 Å². The molecule has 0 N–H and O–H groups in total. The molecule has 1 aromatic heterocycles. The Morgan fingerprint density at radius 2 is 1.92 bits per heavy atom. The standard InChI is InChI=1S/C23H26N2/c1-16-6-5-7-17(14-16)12-13-25-20-9-4-3-8-19(20)23-21-11-10-18(24(21)2)15-22(23)25/h3-9,14,18,21H,10-13,15H2,1-2H3. The predicted octanol–water partition coefficient (Wildman–Crippen LogP) is 4.88. The molecule has 0 spiro atoms. The summed E-state index contributed by atoms with van der Waals surface area (Å²) < 4.78 is 2.63. The van der Waals surface area contributed by atoms with Crippen molar-refractivity contribution in [3.63, 3.8) is 0 Å². The lowest BCUT2D eigenvalue weighted by Gasteiger charge is -2.32. The summed E-state index contributed by atoms with van der Waals surface area (Å²) in [5.41, 5.74) is 7.47. The van der Waals surface area contributed by atoms with Gasteiger partial charge in [0.05, 0.1) is 0 Å². The fourth-order valence-corrected chi connectivity index (χ4v) is 5.17. The van der Waals surface area contributed by atoms with Crippen LogP contribution in [0, 0.1) is 6.92 Å². The third-order valence-corrected chi connectivity index (χ3v) is 6.43. The van der Waals surface area contributed by atoms with Crippen LogP contribution in [0.4, 0.5) is 0 Å². The summed E-state index contributed by atoms with van der Waals surface area (Å²) >= 11 is 0. The van der Waals surface area contributed by atoms with E-state index in [1.54, 1.807) is 11.3 Å². The van der Waals surface area contributed by atoms with Gasteiger partial charge in [0.2, 0.25) is 0 Å². The lowest BCUT2D eigenvalue weighted by atomic mass is 9.97. The summed E-state index contributed by atoms with van der Waals surface area (Å²) in [6.07, 6.45) is 4.99. The van der Waals surface area contributed by atoms with Gasteiger partial charge in [-0.25, -0.2) is 0 Å². The topological polar surface area (TPSA) is 8.17 Å². The number of nitrogens with zero attached hydrogens (tertiary/aromatic N) is 2. The number of aromatic nitrogens is 1. The Bertz CT molecular complexity index is 936. The van der Waals surface area contributed by atoms with Gasteiger partial charge in [0, 0.05) is 41.6 Å². The Hall–Kier alpha value is -2.06. The van der Waals surface area contributed by atoms with Gasteiger partial charge in [-0.2, -0.15) is 0 Å². The quantitative estimate of drug-likeness (QED) is 0.664. The van der Waals surface area contributed by atoms with E-state index in [-0.39, 0.29) is 0 Å². The smallest absolute Gasteiger partial charge is 0.0486 e. The fraction of sp³-hybridized carbons (Fsp3) is 0.391. The zero-order chi connectivity index (χ0) is 17.0. The summed E-state index contributed by atoms with van der Waals surface area (Å²) in [6, 6.07) is 19.4. The van der Waals surface area contributed by atoms with Crippen LogP contribution in [0.25, 0.3) is 10.9 Å². The van der Waals surface area contributed by atoms with Gasteiger partial charge in [-0.3, -0.25) is 4.90 Å². The van der Waals surface area contributed by atoms with E-state index in [1.165, 1.54) is 41.3 Å². The van der Waals surface area contributed by atoms with Crippen LogP contribution in [-0.4, -0.2) is 22.6 Å². The van der Waals surface area contributed by atoms with Crippen LogP contribution >= 0.6 is 0 Å². The summed E-state index contributed by atoms with van der Waals surface area (Å²) in [5.74, 6) is 0. The van der Waals surface area contributed by atoms with Gasteiger partial charge in [-0.1, -0.05) is 48.0 Å². The molecule has 2 aromatic carbocycles. The van der Waals surface area contributed by atoms with Crippen LogP contribution in [0.15, 0.2) is 48.5 Å². The van der Waals surface area contributed by atoms with Gasteiger partial charge < -0.3 is 4.57 Å². The van der Waals surface area contributed by atoms with Crippen molar-refractivity contribution in [1.82, 2.24) is 9.47 Å². The van der Waals surface area contributed by atoms with E-state index in [0.29, 0.717) is 6.04 Å². The molecule has 5 rings (SSSR count). The number of hydrogen-bond donors (Lipinski definition) is 0. The van der Waals surface area contributed by atoms with Gasteiger partial charge in [0.15, 0.2) is 0 Å². The second-order valence-corrected chi connectivity index (χ2v) is 7.88. The molecule has 3 aromatic rings. The predicted molar refractivity (Wildman–Crippen MR) is 104 cm³/mol. The Balaban J connectivity index is 1.58. The first-order valence-electron chi connectivity index (χ1n) is 9.60. The average molecular weight is 330 g/mol. The van der Waals surface area contributed by atoms with E-state index in [1.807, 2.05) is 0 Å². The average Bonchev–Trinajstić information content (AvgIpc) is 3.04. The molecule has 0 aliphatic carbocycles. The van der Waals surface area contributed by atoms with Crippen molar-refractivity contribution in [2.24, 2.45) is 0 Å². The first kappa shape index (κ1) is 15.2. The number of rotatable bonds is 3. The van der Waals surface area contributed by atoms with Crippen molar-refractivity contribution in [3.05, 3.63) is 70.9 Å². The summed E-state index contributed by atoms with van der Waals surface area (Å²) in [6.45, 7) is 3.27. The molecule has 1 fully saturated rings. The Kier molecular flexibility index (Phi) is 3.49. The molecule has 3 heterocycles. The molecule has 2 unspecified atom stereocenters. The third-order valence-electron chi connectivity index (χ3n) is 6.43. The number of para-hydroxylation sites is 1. The van der Waals surface area contributed by atoms with Crippen LogP contribution in [0.3, 0.4) is 0 Å². The van der Waals surface area contributed by atoms with Crippen LogP contribution in [-0.2, 0) is 19.4 Å². The molecule has 2 nitrogen and oxygen atoms in total. The van der Waals surface area contributed by atoms with E-state index >= 15 is 0 Å². The highest BCUT2D eigenvalue weighted by Gasteiger charge is 2.40. The molecule has 128 valence electrons. The summed E-state index contributed by atoms with van der Waals surface area (Å²) in [4.78, 5) is 2.62. The highest BCUT2D eigenvalue weighted by atomic mass is 15.2. The highest BCUT2D eigenvalue weighted by Crippen LogP contribution is 2.46. The molecule has 2 heteroatoms. The largest absolute Gasteiger partial charge is 0.344 e. The minimum absolute atomic E-state index is 0.624. The number of likely N-dealkylation sites (N-methyl/N-ethyl adjacent to an activating group) is 1. The molecule has 2 bridgehead atoms. The SMILES string of the molecule is Cc1cccc(CCn2c3c(c4ccccc42)C2CCC(C3)N2C)c1. The molecular formula is C23H26N2. The number of hydrogen-bond acceptors (Lipinski definition) is 1. The molecule has 0 radical (unpaired) electrons. The van der Waals surface area contributed by atoms with Crippen LogP contribution in [0.5, 0.6) is 0 Å². The van der Waals surface area contributed by atoms with Crippen molar-refractivity contribution in [2.45, 2.75) is 51.2 Å². The van der Waals surface area contributed by atoms with Crippen molar-refractivity contribution >= 4 is 10.9 Å². The van der Waals surface area contributed by atoms with Crippen LogP contribution in [0.1, 0.15) is 41.3 Å². The minimum atomic E-state index is 0.624. The maximum absolute atomic E-state index is 2.63. The summed E-state index contributed by atoms with van der Waals surface area (Å²) in [5, 5.41) is 1.49. The number of fused-ring (bicyclic) bond motifs is 6. The normalized spacial score (nSPS) is 22.5. The molecule has 2 aliphatic heterocycles. The zero-order valence-corrected chi connectivity index (χ0v) is 15.2. The van der Waals surface area contributed by atoms with Crippen molar-refractivity contribution in [2.75, 3.05) is 7.05 Å². The second-order valence-electron chi connectivity index (χ2n) is 7.88. The first-order valence-corrected chi connectivity index (χ1v) is 9.60. The van der Waals surface area contributed by atoms with E-state index < -0.39 is 0 Å². The fourth-order valence-electron chi connectivity index (χ4n) is 5.17. The molecule has 0 saturated carbocycles. The maximum Gasteiger partial charge on any atom is 0.0486 e. The minimum Gasteiger partial charge on any atom is -0.344 e. The van der Waals surface area contributed by atoms with E-state index in [9.17, 15) is 0 Å². The lowest BCUT2D eigenvalue weighted by molar-refractivity contribution is 0.222. The molecule has 0 amide bonds. The lowest BCUT2D eigenvalue weighted by Crippen LogP contribution is -2.34. The van der Waals surface area contributed by atoms with Gasteiger partial charge in [-0.15, -0.1) is 0 Å². The monoisotopic (exact) mass is 330 g/mol. The Morgan fingerprint density at radius 1 is 1.04 bits per heavy atom. The van der Waals surface area contributed by atoms with E-state index in [0.717, 1.165) is 19.0 Å².